The average molecular weight is 426 g/mol. The van der Waals surface area contributed by atoms with Gasteiger partial charge in [-0.2, -0.15) is 0 Å². The molecule has 0 aliphatic carbocycles. The minimum atomic E-state index is -1.19. The number of nitrogens with zero attached hydrogens (tertiary/aromatic N) is 1. The molecule has 156 valence electrons. The summed E-state index contributed by atoms with van der Waals surface area (Å²) in [4.78, 5) is 28.1. The largest absolute Gasteiger partial charge is 0.489 e. The van der Waals surface area contributed by atoms with Gasteiger partial charge in [0.15, 0.2) is 10.8 Å². The van der Waals surface area contributed by atoms with Crippen LogP contribution in [0.4, 0.5) is 9.93 Å². The first-order valence-corrected chi connectivity index (χ1v) is 10.0. The van der Waals surface area contributed by atoms with Crippen molar-refractivity contribution >= 4 is 28.5 Å². The monoisotopic (exact) mass is 426 g/mol. The van der Waals surface area contributed by atoms with Crippen LogP contribution >= 0.6 is 11.3 Å². The first kappa shape index (κ1) is 21.3. The number of hydrogen-bond acceptors (Lipinski definition) is 6. The fourth-order valence-corrected chi connectivity index (χ4v) is 3.51. The van der Waals surface area contributed by atoms with E-state index >= 15 is 0 Å². The van der Waals surface area contributed by atoms with Crippen LogP contribution in [0.3, 0.4) is 0 Å². The van der Waals surface area contributed by atoms with Crippen molar-refractivity contribution in [3.63, 3.8) is 0 Å². The highest BCUT2D eigenvalue weighted by Gasteiger charge is 2.22. The summed E-state index contributed by atoms with van der Waals surface area (Å²) in [5.74, 6) is -0.586. The minimum absolute atomic E-state index is 0.146. The lowest BCUT2D eigenvalue weighted by Crippen LogP contribution is -2.27. The molecule has 0 aliphatic rings. The minimum Gasteiger partial charge on any atom is -0.489 e. The maximum absolute atomic E-state index is 12.0. The Morgan fingerprint density at radius 3 is 2.50 bits per heavy atom. The Bertz CT molecular complexity index is 1040. The van der Waals surface area contributed by atoms with Crippen LogP contribution < -0.4 is 10.1 Å². The number of benzene rings is 2. The Balaban J connectivity index is 1.81. The van der Waals surface area contributed by atoms with Crippen molar-refractivity contribution in [2.75, 3.05) is 5.32 Å². The molecular formula is C22H22N2O5S. The first-order valence-electron chi connectivity index (χ1n) is 9.22. The number of hydrogen-bond donors (Lipinski definition) is 2. The summed E-state index contributed by atoms with van der Waals surface area (Å²) >= 11 is 1.06. The van der Waals surface area contributed by atoms with Gasteiger partial charge in [-0.25, -0.2) is 14.6 Å². The summed E-state index contributed by atoms with van der Waals surface area (Å²) in [6.07, 6.45) is -0.695. The number of aromatic nitrogens is 1. The number of carbonyl (C=O) groups excluding carboxylic acids is 1. The topological polar surface area (TPSA) is 97.8 Å². The van der Waals surface area contributed by atoms with Crippen molar-refractivity contribution in [1.29, 1.82) is 0 Å². The lowest BCUT2D eigenvalue weighted by molar-refractivity contribution is 0.0632. The summed E-state index contributed by atoms with van der Waals surface area (Å²) in [6.45, 7) is 5.61. The van der Waals surface area contributed by atoms with Crippen LogP contribution in [0.25, 0.3) is 10.4 Å². The standard InChI is InChI=1S/C22H22N2O5S/c1-22(2,3)29-21(27)24-20-23-17(19(25)26)18(30-20)15-10-7-11-16(12-15)28-13-14-8-5-4-6-9-14/h4-12H,13H2,1-3H3,(H,25,26)(H,23,24,27). The van der Waals surface area contributed by atoms with E-state index in [0.29, 0.717) is 22.8 Å². The van der Waals surface area contributed by atoms with E-state index in [4.69, 9.17) is 9.47 Å². The Kier molecular flexibility index (Phi) is 6.37. The van der Waals surface area contributed by atoms with Crippen molar-refractivity contribution in [1.82, 2.24) is 4.98 Å². The van der Waals surface area contributed by atoms with Crippen LogP contribution in [0.5, 0.6) is 5.75 Å². The molecule has 3 aromatic rings. The van der Waals surface area contributed by atoms with Gasteiger partial charge in [0.2, 0.25) is 0 Å². The molecule has 1 aromatic heterocycles. The van der Waals surface area contributed by atoms with Crippen molar-refractivity contribution < 1.29 is 24.2 Å². The number of ether oxygens (including phenoxy) is 2. The number of nitrogens with one attached hydrogen (secondary N) is 1. The van der Waals surface area contributed by atoms with Gasteiger partial charge >= 0.3 is 12.1 Å². The fraction of sp³-hybridized carbons (Fsp3) is 0.227. The van der Waals surface area contributed by atoms with Crippen molar-refractivity contribution in [3.05, 3.63) is 65.9 Å². The normalized spacial score (nSPS) is 11.0. The van der Waals surface area contributed by atoms with Gasteiger partial charge in [-0.05, 0) is 44.0 Å². The number of amides is 1. The molecule has 0 saturated carbocycles. The number of carboxylic acid groups (broad SMARTS) is 1. The quantitative estimate of drug-likeness (QED) is 0.545. The van der Waals surface area contributed by atoms with E-state index in [-0.39, 0.29) is 10.8 Å². The molecule has 0 fully saturated rings. The highest BCUT2D eigenvalue weighted by atomic mass is 32.1. The number of aromatic carboxylic acids is 1. The Labute approximate surface area is 178 Å². The number of thiazole rings is 1. The van der Waals surface area contributed by atoms with Gasteiger partial charge in [-0.1, -0.05) is 53.8 Å². The highest BCUT2D eigenvalue weighted by molar-refractivity contribution is 7.19. The Hall–Kier alpha value is -3.39. The highest BCUT2D eigenvalue weighted by Crippen LogP contribution is 2.35. The SMILES string of the molecule is CC(C)(C)OC(=O)Nc1nc(C(=O)O)c(-c2cccc(OCc3ccccc3)c2)s1. The van der Waals surface area contributed by atoms with Crippen LogP contribution in [0.15, 0.2) is 54.6 Å². The van der Waals surface area contributed by atoms with Crippen LogP contribution in [-0.2, 0) is 11.3 Å². The van der Waals surface area contributed by atoms with Gasteiger partial charge in [0, 0.05) is 0 Å². The molecule has 30 heavy (non-hydrogen) atoms. The van der Waals surface area contributed by atoms with Gasteiger partial charge in [0.05, 0.1) is 4.88 Å². The lowest BCUT2D eigenvalue weighted by atomic mass is 10.1. The molecule has 8 heteroatoms. The Morgan fingerprint density at radius 1 is 1.10 bits per heavy atom. The molecule has 0 spiro atoms. The zero-order chi connectivity index (χ0) is 21.7. The van der Waals surface area contributed by atoms with E-state index in [1.807, 2.05) is 30.3 Å². The molecule has 7 nitrogen and oxygen atoms in total. The second kappa shape index (κ2) is 8.96. The van der Waals surface area contributed by atoms with E-state index in [1.54, 1.807) is 45.0 Å². The molecule has 3 rings (SSSR count). The van der Waals surface area contributed by atoms with E-state index in [1.165, 1.54) is 0 Å². The maximum Gasteiger partial charge on any atom is 0.413 e. The van der Waals surface area contributed by atoms with Gasteiger partial charge in [-0.15, -0.1) is 0 Å². The summed E-state index contributed by atoms with van der Waals surface area (Å²) in [6, 6.07) is 16.8. The molecule has 0 aliphatic heterocycles. The Morgan fingerprint density at radius 2 is 1.83 bits per heavy atom. The number of rotatable bonds is 6. The van der Waals surface area contributed by atoms with Crippen molar-refractivity contribution in [2.24, 2.45) is 0 Å². The predicted molar refractivity (Wildman–Crippen MR) is 115 cm³/mol. The molecular weight excluding hydrogens is 404 g/mol. The molecule has 0 atom stereocenters. The third-order valence-electron chi connectivity index (χ3n) is 3.78. The van der Waals surface area contributed by atoms with Crippen molar-refractivity contribution in [3.8, 4) is 16.2 Å². The molecule has 0 radical (unpaired) electrons. The first-order chi connectivity index (χ1) is 14.2. The zero-order valence-corrected chi connectivity index (χ0v) is 17.7. The van der Waals surface area contributed by atoms with Crippen LogP contribution in [-0.4, -0.2) is 27.8 Å². The smallest absolute Gasteiger partial charge is 0.413 e. The second-order valence-corrected chi connectivity index (χ2v) is 8.43. The molecule has 0 saturated heterocycles. The molecule has 2 N–H and O–H groups in total. The van der Waals surface area contributed by atoms with E-state index < -0.39 is 17.7 Å². The van der Waals surface area contributed by atoms with Crippen LogP contribution in [0.1, 0.15) is 36.8 Å². The summed E-state index contributed by atoms with van der Waals surface area (Å²) in [7, 11) is 0. The molecule has 2 aromatic carbocycles. The molecule has 1 amide bonds. The predicted octanol–water partition coefficient (Wildman–Crippen LogP) is 5.43. The summed E-state index contributed by atoms with van der Waals surface area (Å²) in [5, 5.41) is 12.2. The van der Waals surface area contributed by atoms with Gasteiger partial charge in [0.25, 0.3) is 0 Å². The van der Waals surface area contributed by atoms with Crippen molar-refractivity contribution in [2.45, 2.75) is 33.0 Å². The lowest BCUT2D eigenvalue weighted by Gasteiger charge is -2.18. The number of carboxylic acids is 1. The third kappa shape index (κ3) is 5.81. The van der Waals surface area contributed by atoms with E-state index in [2.05, 4.69) is 10.3 Å². The molecule has 0 unspecified atom stereocenters. The number of anilines is 1. The van der Waals surface area contributed by atoms with Crippen LogP contribution in [0, 0.1) is 0 Å². The zero-order valence-electron chi connectivity index (χ0n) is 16.8. The third-order valence-corrected chi connectivity index (χ3v) is 4.80. The van der Waals surface area contributed by atoms with Crippen LogP contribution in [0.2, 0.25) is 0 Å². The molecule has 0 bridgehead atoms. The molecule has 1 heterocycles. The fourth-order valence-electron chi connectivity index (χ4n) is 2.57. The second-order valence-electron chi connectivity index (χ2n) is 7.43. The van der Waals surface area contributed by atoms with Gasteiger partial charge in [-0.3, -0.25) is 5.32 Å². The summed E-state index contributed by atoms with van der Waals surface area (Å²) < 4.78 is 11.0. The van der Waals surface area contributed by atoms with E-state index in [0.717, 1.165) is 16.9 Å². The maximum atomic E-state index is 12.0. The average Bonchev–Trinajstić information content (AvgIpc) is 3.10. The number of carbonyl (C=O) groups is 2. The van der Waals surface area contributed by atoms with E-state index in [9.17, 15) is 14.7 Å². The van der Waals surface area contributed by atoms with Gasteiger partial charge in [0.1, 0.15) is 18.0 Å². The van der Waals surface area contributed by atoms with Gasteiger partial charge < -0.3 is 14.6 Å². The summed E-state index contributed by atoms with van der Waals surface area (Å²) in [5.41, 5.74) is 0.833.